The molecule has 8 atom stereocenters. The molecule has 9 N–H and O–H groups in total. The summed E-state index contributed by atoms with van der Waals surface area (Å²) in [7, 11) is -16.8. The molecule has 0 aromatic rings. The van der Waals surface area contributed by atoms with Crippen LogP contribution in [0.1, 0.15) is 0 Å². The Bertz CT molecular complexity index is 969. The lowest BCUT2D eigenvalue weighted by Gasteiger charge is -2.32. The minimum atomic E-state index is -5.73. The molecule has 1 saturated heterocycles. The number of nitrogens with two attached hydrogens (primary N) is 1. The molecule has 1 amide bonds. The molecule has 3 aliphatic heterocycles. The number of hydrogen-bond acceptors (Lipinski definition) is 14. The Balaban J connectivity index is 1.63. The number of phosphoric ester groups is 1. The molecule has 0 aromatic carbocycles. The Labute approximate surface area is 177 Å². The molecular formula is C10H18N5O14P3. The van der Waals surface area contributed by atoms with Crippen LogP contribution in [-0.2, 0) is 36.4 Å². The first kappa shape index (κ1) is 25.3. The van der Waals surface area contributed by atoms with Crippen molar-refractivity contribution in [2.24, 2.45) is 15.7 Å². The van der Waals surface area contributed by atoms with E-state index < -0.39 is 72.7 Å². The van der Waals surface area contributed by atoms with E-state index in [1.54, 1.807) is 0 Å². The van der Waals surface area contributed by atoms with Crippen molar-refractivity contribution in [3.05, 3.63) is 0 Å². The fraction of sp³-hybridized carbons (Fsp3) is 0.700. The summed E-state index contributed by atoms with van der Waals surface area (Å²) in [6.07, 6.45) is -6.13. The van der Waals surface area contributed by atoms with Crippen LogP contribution < -0.4 is 11.1 Å². The van der Waals surface area contributed by atoms with Crippen molar-refractivity contribution in [1.82, 2.24) is 10.2 Å². The van der Waals surface area contributed by atoms with Gasteiger partial charge in [-0.2, -0.15) is 8.62 Å². The third kappa shape index (κ3) is 5.78. The molecule has 0 spiro atoms. The molecule has 3 rings (SSSR count). The summed E-state index contributed by atoms with van der Waals surface area (Å²) in [5.74, 6) is -0.789. The fourth-order valence-corrected chi connectivity index (χ4v) is 6.00. The Morgan fingerprint density at radius 1 is 1.12 bits per heavy atom. The lowest BCUT2D eigenvalue weighted by Crippen LogP contribution is -2.56. The van der Waals surface area contributed by atoms with Crippen LogP contribution in [-0.4, -0.2) is 96.2 Å². The largest absolute Gasteiger partial charge is 0.490 e. The highest BCUT2D eigenvalue weighted by molar-refractivity contribution is 7.66. The van der Waals surface area contributed by atoms with E-state index in [0.29, 0.717) is 0 Å². The smallest absolute Gasteiger partial charge is 0.387 e. The van der Waals surface area contributed by atoms with Gasteiger partial charge in [-0.05, 0) is 0 Å². The highest BCUT2D eigenvalue weighted by Gasteiger charge is 2.52. The number of nitrogens with zero attached hydrogens (tertiary/aromatic N) is 3. The van der Waals surface area contributed by atoms with Gasteiger partial charge in [0.25, 0.3) is 5.91 Å². The first-order valence-corrected chi connectivity index (χ1v) is 12.9. The molecule has 0 aliphatic carbocycles. The third-order valence-corrected chi connectivity index (χ3v) is 7.99. The van der Waals surface area contributed by atoms with Crippen LogP contribution in [0.5, 0.6) is 0 Å². The molecule has 0 saturated carbocycles. The maximum absolute atomic E-state index is 11.9. The molecule has 22 heteroatoms. The molecule has 3 heterocycles. The minimum Gasteiger partial charge on any atom is -0.387 e. The van der Waals surface area contributed by atoms with Gasteiger partial charge in [0.2, 0.25) is 0 Å². The predicted octanol–water partition coefficient (Wildman–Crippen LogP) is -3.74. The van der Waals surface area contributed by atoms with Crippen molar-refractivity contribution in [2.45, 2.75) is 36.7 Å². The number of aliphatic hydroxyl groups excluding tert-OH is 2. The van der Waals surface area contributed by atoms with E-state index in [9.17, 15) is 33.6 Å². The molecule has 182 valence electrons. The Hall–Kier alpha value is -1.30. The molecule has 0 bridgehead atoms. The highest BCUT2D eigenvalue weighted by Crippen LogP contribution is 2.66. The van der Waals surface area contributed by atoms with Crippen LogP contribution in [0.3, 0.4) is 0 Å². The van der Waals surface area contributed by atoms with Crippen molar-refractivity contribution in [2.75, 3.05) is 6.61 Å². The average molecular weight is 525 g/mol. The Kier molecular flexibility index (Phi) is 6.97. The zero-order valence-electron chi connectivity index (χ0n) is 15.5. The predicted molar refractivity (Wildman–Crippen MR) is 98.2 cm³/mol. The molecule has 3 aliphatic rings. The summed E-state index contributed by atoms with van der Waals surface area (Å²) >= 11 is 0. The second-order valence-electron chi connectivity index (χ2n) is 6.51. The standard InChI is InChI=1S/C10H18N5O14P3/c11-10-13-7-4(8(18)14-10)12-2-15(7)9-6(17)5(16)3(27-9)1-26-31(22,23)29-32(24,25)28-30(19,20)21/h2-7,9,16-17H,1H2,(H,22,23)(H,24,25)(H2,19,20,21)(H3,11,13,14,18)/t3-,4-,5-,6-,7+,9-/m1/s1. The second-order valence-corrected chi connectivity index (χ2v) is 10.9. The van der Waals surface area contributed by atoms with Crippen LogP contribution >= 0.6 is 23.5 Å². The number of carbonyl (C=O) groups is 1. The Morgan fingerprint density at radius 3 is 2.41 bits per heavy atom. The number of hydrogen-bond donors (Lipinski definition) is 8. The quantitative estimate of drug-likeness (QED) is 0.141. The van der Waals surface area contributed by atoms with E-state index in [4.69, 9.17) is 25.2 Å². The lowest BCUT2D eigenvalue weighted by atomic mass is 10.1. The van der Waals surface area contributed by atoms with Crippen LogP contribution in [0.15, 0.2) is 9.98 Å². The summed E-state index contributed by atoms with van der Waals surface area (Å²) in [5.41, 5.74) is 5.50. The average Bonchev–Trinajstić information content (AvgIpc) is 3.12. The zero-order valence-corrected chi connectivity index (χ0v) is 18.1. The first-order chi connectivity index (χ1) is 14.6. The van der Waals surface area contributed by atoms with Crippen molar-refractivity contribution >= 4 is 41.7 Å². The van der Waals surface area contributed by atoms with Crippen LogP contribution in [0, 0.1) is 0 Å². The number of aliphatic imine (C=N–C) groups is 2. The number of phosphoric acid groups is 3. The topological polar surface area (TPSA) is 293 Å². The van der Waals surface area contributed by atoms with Crippen molar-refractivity contribution < 1.29 is 66.2 Å². The molecule has 1 fully saturated rings. The number of aliphatic hydroxyl groups is 2. The van der Waals surface area contributed by atoms with Crippen LogP contribution in [0.2, 0.25) is 0 Å². The van der Waals surface area contributed by atoms with E-state index >= 15 is 0 Å². The van der Waals surface area contributed by atoms with Gasteiger partial charge in [0.05, 0.1) is 12.9 Å². The summed E-state index contributed by atoms with van der Waals surface area (Å²) in [4.78, 5) is 56.6. The minimum absolute atomic E-state index is 0.219. The van der Waals surface area contributed by atoms with E-state index in [1.165, 1.54) is 4.90 Å². The van der Waals surface area contributed by atoms with Crippen molar-refractivity contribution in [3.8, 4) is 0 Å². The summed E-state index contributed by atoms with van der Waals surface area (Å²) in [6.45, 7) is -0.997. The van der Waals surface area contributed by atoms with Gasteiger partial charge in [0, 0.05) is 0 Å². The monoisotopic (exact) mass is 525 g/mol. The maximum Gasteiger partial charge on any atom is 0.490 e. The second kappa shape index (κ2) is 8.81. The van der Waals surface area contributed by atoms with Crippen molar-refractivity contribution in [1.29, 1.82) is 0 Å². The number of rotatable bonds is 8. The third-order valence-electron chi connectivity index (χ3n) is 4.19. The Morgan fingerprint density at radius 2 is 1.78 bits per heavy atom. The number of fused-ring (bicyclic) bond motifs is 1. The fourth-order valence-electron chi connectivity index (χ4n) is 2.97. The normalized spacial score (nSPS) is 36.2. The van der Waals surface area contributed by atoms with E-state index in [-0.39, 0.29) is 5.96 Å². The molecule has 32 heavy (non-hydrogen) atoms. The summed E-state index contributed by atoms with van der Waals surface area (Å²) in [6, 6.07) is -1.01. The zero-order chi connectivity index (χ0) is 24.1. The molecular weight excluding hydrogens is 507 g/mol. The summed E-state index contributed by atoms with van der Waals surface area (Å²) < 4.78 is 50.6. The van der Waals surface area contributed by atoms with E-state index in [1.807, 2.05) is 0 Å². The number of ether oxygens (including phenoxy) is 1. The highest BCUT2D eigenvalue weighted by atomic mass is 31.3. The molecule has 0 aromatic heterocycles. The van der Waals surface area contributed by atoms with Crippen LogP contribution in [0.4, 0.5) is 0 Å². The van der Waals surface area contributed by atoms with Gasteiger partial charge in [-0.15, -0.1) is 0 Å². The molecule has 19 nitrogen and oxygen atoms in total. The SMILES string of the molecule is NC1=N[C@@H]2[C@@H](N=CN2[C@@H]2O[C@H](COP(=O)(O)OP(=O)(O)OP(=O)(O)O)[C@@H](O)[C@H]2O)C(=O)N1. The number of nitrogens with one attached hydrogen (secondary N) is 1. The van der Waals surface area contributed by atoms with Crippen LogP contribution in [0.25, 0.3) is 0 Å². The molecule has 0 radical (unpaired) electrons. The first-order valence-electron chi connectivity index (χ1n) is 8.33. The van der Waals surface area contributed by atoms with E-state index in [2.05, 4.69) is 28.4 Å². The van der Waals surface area contributed by atoms with Gasteiger partial charge in [0.1, 0.15) is 18.3 Å². The van der Waals surface area contributed by atoms with Gasteiger partial charge in [-0.3, -0.25) is 19.6 Å². The van der Waals surface area contributed by atoms with Gasteiger partial charge in [-0.25, -0.2) is 18.7 Å². The number of guanidine groups is 1. The van der Waals surface area contributed by atoms with Gasteiger partial charge >= 0.3 is 23.5 Å². The van der Waals surface area contributed by atoms with Crippen molar-refractivity contribution in [3.63, 3.8) is 0 Å². The van der Waals surface area contributed by atoms with E-state index in [0.717, 1.165) is 6.34 Å². The number of amides is 1. The van der Waals surface area contributed by atoms with Gasteiger partial charge in [0.15, 0.2) is 24.4 Å². The van der Waals surface area contributed by atoms with Gasteiger partial charge in [-0.1, -0.05) is 0 Å². The maximum atomic E-state index is 11.9. The number of carbonyl (C=O) groups excluding carboxylic acids is 1. The summed E-state index contributed by atoms with van der Waals surface area (Å²) in [5, 5.41) is 22.7. The lowest BCUT2D eigenvalue weighted by molar-refractivity contribution is -0.124. The molecule has 2 unspecified atom stereocenters. The van der Waals surface area contributed by atoms with Gasteiger partial charge < -0.3 is 45.2 Å².